The van der Waals surface area contributed by atoms with Crippen molar-refractivity contribution >= 4 is 16.7 Å². The van der Waals surface area contributed by atoms with Crippen LogP contribution in [0.25, 0.3) is 22.2 Å². The largest absolute Gasteiger partial charge is 0.448 e. The summed E-state index contributed by atoms with van der Waals surface area (Å²) in [5, 5.41) is 0.834. The van der Waals surface area contributed by atoms with Crippen molar-refractivity contribution in [3.05, 3.63) is 72.2 Å². The number of piperidine rings is 1. The minimum Gasteiger partial charge on any atom is -0.448 e. The van der Waals surface area contributed by atoms with Crippen molar-refractivity contribution in [2.75, 3.05) is 20.1 Å². The Bertz CT molecular complexity index is 1280. The number of halogens is 1. The van der Waals surface area contributed by atoms with Gasteiger partial charge in [-0.25, -0.2) is 14.4 Å². The van der Waals surface area contributed by atoms with Crippen LogP contribution in [0.5, 0.6) is 0 Å². The van der Waals surface area contributed by atoms with Crippen LogP contribution in [0.4, 0.5) is 4.39 Å². The average molecular weight is 431 g/mol. The fourth-order valence-electron chi connectivity index (χ4n) is 3.98. The third-order valence-corrected chi connectivity index (χ3v) is 5.85. The topological polar surface area (TPSA) is 85.0 Å². The first kappa shape index (κ1) is 20.4. The number of hydrogen-bond donors (Lipinski definition) is 0. The lowest BCUT2D eigenvalue weighted by molar-refractivity contribution is 0.0987. The van der Waals surface area contributed by atoms with Crippen molar-refractivity contribution in [2.24, 2.45) is 0 Å². The summed E-state index contributed by atoms with van der Waals surface area (Å²) in [6.07, 6.45) is 7.91. The number of carbonyl (C=O) groups excluding carboxylic acids is 1. The lowest BCUT2D eigenvalue weighted by Crippen LogP contribution is -2.29. The Morgan fingerprint density at radius 2 is 2.00 bits per heavy atom. The molecule has 5 heterocycles. The van der Waals surface area contributed by atoms with Crippen LogP contribution in [0.3, 0.4) is 0 Å². The molecule has 8 heteroatoms. The van der Waals surface area contributed by atoms with E-state index in [-0.39, 0.29) is 18.1 Å². The van der Waals surface area contributed by atoms with Crippen LogP contribution in [0.2, 0.25) is 0 Å². The first-order valence-corrected chi connectivity index (χ1v) is 10.6. The average Bonchev–Trinajstić information content (AvgIpc) is 3.30. The molecule has 1 saturated heterocycles. The molecule has 0 saturated carbocycles. The number of rotatable bonds is 5. The molecule has 1 aliphatic rings. The first-order valence-electron chi connectivity index (χ1n) is 10.6. The Labute approximate surface area is 184 Å². The Kier molecular flexibility index (Phi) is 5.45. The molecule has 0 atom stereocenters. The highest BCUT2D eigenvalue weighted by molar-refractivity contribution is 5.95. The zero-order valence-electron chi connectivity index (χ0n) is 17.7. The van der Waals surface area contributed by atoms with E-state index in [0.29, 0.717) is 34.1 Å². The number of ketones is 1. The number of oxazole rings is 1. The lowest BCUT2D eigenvalue weighted by atomic mass is 9.97. The second kappa shape index (κ2) is 8.55. The van der Waals surface area contributed by atoms with Gasteiger partial charge in [-0.15, -0.1) is 0 Å². The van der Waals surface area contributed by atoms with Gasteiger partial charge in [0.05, 0.1) is 29.5 Å². The Morgan fingerprint density at radius 1 is 1.16 bits per heavy atom. The standard InChI is InChI=1S/C24H22FN5O2/c1-30-6-4-15(5-7-30)24-29-22(14-32-24)23(31)10-19-9-21-16(12-27-19)2-3-20(28-21)17-8-18(25)13-26-11-17/h2-3,8-9,11-15H,4-7,10H2,1H3. The van der Waals surface area contributed by atoms with E-state index in [2.05, 4.69) is 31.9 Å². The summed E-state index contributed by atoms with van der Waals surface area (Å²) >= 11 is 0. The summed E-state index contributed by atoms with van der Waals surface area (Å²) in [6, 6.07) is 6.83. The van der Waals surface area contributed by atoms with E-state index < -0.39 is 5.82 Å². The number of aromatic nitrogens is 4. The summed E-state index contributed by atoms with van der Waals surface area (Å²) in [7, 11) is 2.10. The molecule has 5 rings (SSSR count). The molecular formula is C24H22FN5O2. The van der Waals surface area contributed by atoms with Crippen LogP contribution in [0, 0.1) is 5.82 Å². The summed E-state index contributed by atoms with van der Waals surface area (Å²) < 4.78 is 19.1. The van der Waals surface area contributed by atoms with Crippen molar-refractivity contribution in [1.82, 2.24) is 24.8 Å². The van der Waals surface area contributed by atoms with Gasteiger partial charge in [-0.2, -0.15) is 0 Å². The molecule has 1 fully saturated rings. The number of fused-ring (bicyclic) bond motifs is 1. The monoisotopic (exact) mass is 431 g/mol. The second-order valence-electron chi connectivity index (χ2n) is 8.21. The summed E-state index contributed by atoms with van der Waals surface area (Å²) in [4.78, 5) is 32.4. The summed E-state index contributed by atoms with van der Waals surface area (Å²) in [5.41, 5.74) is 2.79. The van der Waals surface area contributed by atoms with Crippen LogP contribution in [0.1, 0.15) is 40.8 Å². The van der Waals surface area contributed by atoms with Crippen molar-refractivity contribution in [3.63, 3.8) is 0 Å². The fraction of sp³-hybridized carbons (Fsp3) is 0.292. The molecule has 0 aliphatic carbocycles. The Hall–Kier alpha value is -3.52. The van der Waals surface area contributed by atoms with Gasteiger partial charge in [0.1, 0.15) is 17.8 Å². The molecule has 0 unspecified atom stereocenters. The highest BCUT2D eigenvalue weighted by Gasteiger charge is 2.24. The van der Waals surface area contributed by atoms with Gasteiger partial charge in [-0.1, -0.05) is 0 Å². The maximum absolute atomic E-state index is 13.5. The van der Waals surface area contributed by atoms with E-state index in [9.17, 15) is 9.18 Å². The highest BCUT2D eigenvalue weighted by atomic mass is 19.1. The molecule has 0 aromatic carbocycles. The molecule has 0 radical (unpaired) electrons. The molecule has 162 valence electrons. The number of carbonyl (C=O) groups is 1. The minimum absolute atomic E-state index is 0.0999. The zero-order chi connectivity index (χ0) is 22.1. The maximum Gasteiger partial charge on any atom is 0.197 e. The van der Waals surface area contributed by atoms with Gasteiger partial charge in [0.2, 0.25) is 0 Å². The van der Waals surface area contributed by atoms with E-state index in [1.807, 2.05) is 6.07 Å². The minimum atomic E-state index is -0.419. The number of Topliss-reactive ketones (excluding diaryl/α,β-unsaturated/α-hetero) is 1. The molecule has 7 nitrogen and oxygen atoms in total. The van der Waals surface area contributed by atoms with Crippen molar-refractivity contribution in [1.29, 1.82) is 0 Å². The quantitative estimate of drug-likeness (QED) is 0.441. The van der Waals surface area contributed by atoms with Crippen LogP contribution in [0.15, 0.2) is 53.5 Å². The molecule has 4 aromatic heterocycles. The second-order valence-corrected chi connectivity index (χ2v) is 8.21. The number of nitrogens with zero attached hydrogens (tertiary/aromatic N) is 5. The van der Waals surface area contributed by atoms with Gasteiger partial charge in [0.25, 0.3) is 0 Å². The molecule has 1 aliphatic heterocycles. The van der Waals surface area contributed by atoms with Crippen molar-refractivity contribution in [2.45, 2.75) is 25.2 Å². The third-order valence-electron chi connectivity index (χ3n) is 5.85. The Balaban J connectivity index is 1.34. The number of hydrogen-bond acceptors (Lipinski definition) is 7. The van der Waals surface area contributed by atoms with Crippen LogP contribution in [-0.4, -0.2) is 50.8 Å². The van der Waals surface area contributed by atoms with E-state index >= 15 is 0 Å². The van der Waals surface area contributed by atoms with Gasteiger partial charge in [0.15, 0.2) is 11.7 Å². The smallest absolute Gasteiger partial charge is 0.197 e. The van der Waals surface area contributed by atoms with E-state index in [1.54, 1.807) is 24.5 Å². The molecule has 4 aromatic rings. The SMILES string of the molecule is CN1CCC(c2nc(C(=O)Cc3cc4nc(-c5cncc(F)c5)ccc4cn3)co2)CC1. The number of pyridine rings is 3. The van der Waals surface area contributed by atoms with Crippen molar-refractivity contribution < 1.29 is 13.6 Å². The van der Waals surface area contributed by atoms with Gasteiger partial charge < -0.3 is 9.32 Å². The van der Waals surface area contributed by atoms with Crippen LogP contribution < -0.4 is 0 Å². The third kappa shape index (κ3) is 4.27. The van der Waals surface area contributed by atoms with E-state index in [4.69, 9.17) is 4.42 Å². The number of likely N-dealkylation sites (tertiary alicyclic amines) is 1. The van der Waals surface area contributed by atoms with Crippen molar-refractivity contribution in [3.8, 4) is 11.3 Å². The fourth-order valence-corrected chi connectivity index (χ4v) is 3.98. The highest BCUT2D eigenvalue weighted by Crippen LogP contribution is 2.27. The summed E-state index contributed by atoms with van der Waals surface area (Å²) in [5.74, 6) is 0.331. The predicted octanol–water partition coefficient (Wildman–Crippen LogP) is 4.05. The molecular weight excluding hydrogens is 409 g/mol. The van der Waals surface area contributed by atoms with E-state index in [0.717, 1.165) is 37.5 Å². The maximum atomic E-state index is 13.5. The predicted molar refractivity (Wildman–Crippen MR) is 117 cm³/mol. The zero-order valence-corrected chi connectivity index (χ0v) is 17.7. The van der Waals surface area contributed by atoms with Gasteiger partial charge in [-0.05, 0) is 57.2 Å². The summed E-state index contributed by atoms with van der Waals surface area (Å²) in [6.45, 7) is 2.00. The van der Waals surface area contributed by atoms with Crippen LogP contribution >= 0.6 is 0 Å². The Morgan fingerprint density at radius 3 is 2.81 bits per heavy atom. The normalized spacial score (nSPS) is 15.3. The van der Waals surface area contributed by atoms with Crippen LogP contribution in [-0.2, 0) is 6.42 Å². The van der Waals surface area contributed by atoms with Gasteiger partial charge >= 0.3 is 0 Å². The molecule has 0 N–H and O–H groups in total. The van der Waals surface area contributed by atoms with Gasteiger partial charge in [0, 0.05) is 29.3 Å². The first-order chi connectivity index (χ1) is 15.5. The lowest BCUT2D eigenvalue weighted by Gasteiger charge is -2.26. The molecule has 32 heavy (non-hydrogen) atoms. The van der Waals surface area contributed by atoms with Gasteiger partial charge in [-0.3, -0.25) is 14.8 Å². The van der Waals surface area contributed by atoms with E-state index in [1.165, 1.54) is 12.3 Å². The molecule has 0 spiro atoms. The molecule has 0 bridgehead atoms. The molecule has 0 amide bonds.